The van der Waals surface area contributed by atoms with Gasteiger partial charge in [-0.15, -0.1) is 0 Å². The van der Waals surface area contributed by atoms with E-state index in [9.17, 15) is 0 Å². The topological polar surface area (TPSA) is 0 Å². The molecule has 0 radical (unpaired) electrons. The first-order valence-corrected chi connectivity index (χ1v) is 10.2. The van der Waals surface area contributed by atoms with Crippen molar-refractivity contribution < 1.29 is 0 Å². The highest BCUT2D eigenvalue weighted by Crippen LogP contribution is 2.33. The van der Waals surface area contributed by atoms with Crippen molar-refractivity contribution >= 4 is 23.8 Å². The van der Waals surface area contributed by atoms with Crippen LogP contribution >= 0.6 is 7.92 Å². The van der Waals surface area contributed by atoms with Crippen LogP contribution in [0, 0.1) is 6.92 Å². The van der Waals surface area contributed by atoms with Gasteiger partial charge >= 0.3 is 0 Å². The Morgan fingerprint density at radius 1 is 0.423 bits per heavy atom. The Morgan fingerprint density at radius 3 is 1.27 bits per heavy atom. The van der Waals surface area contributed by atoms with Gasteiger partial charge in [0.25, 0.3) is 0 Å². The van der Waals surface area contributed by atoms with E-state index in [1.807, 2.05) is 0 Å². The van der Waals surface area contributed by atoms with Crippen LogP contribution in [0.25, 0.3) is 11.1 Å². The van der Waals surface area contributed by atoms with Crippen LogP contribution in [0.2, 0.25) is 0 Å². The molecule has 4 aromatic carbocycles. The lowest BCUT2D eigenvalue weighted by Crippen LogP contribution is -2.20. The van der Waals surface area contributed by atoms with Crippen LogP contribution in [0.4, 0.5) is 0 Å². The normalized spacial score (nSPS) is 10.8. The lowest BCUT2D eigenvalue weighted by molar-refractivity contribution is 1.47. The number of aryl methyl sites for hydroxylation is 1. The van der Waals surface area contributed by atoms with Gasteiger partial charge in [0.1, 0.15) is 0 Å². The molecule has 0 fully saturated rings. The van der Waals surface area contributed by atoms with Crippen LogP contribution in [0.1, 0.15) is 5.56 Å². The fourth-order valence-electron chi connectivity index (χ4n) is 3.15. The van der Waals surface area contributed by atoms with Crippen LogP contribution < -0.4 is 15.9 Å². The van der Waals surface area contributed by atoms with Crippen LogP contribution in [-0.2, 0) is 0 Å². The van der Waals surface area contributed by atoms with Crippen LogP contribution in [-0.4, -0.2) is 0 Å². The second kappa shape index (κ2) is 7.68. The van der Waals surface area contributed by atoms with Gasteiger partial charge in [-0.25, -0.2) is 0 Å². The summed E-state index contributed by atoms with van der Waals surface area (Å²) < 4.78 is 0. The summed E-state index contributed by atoms with van der Waals surface area (Å²) in [5.74, 6) is 0. The van der Waals surface area contributed by atoms with Crippen molar-refractivity contribution in [1.82, 2.24) is 0 Å². The molecule has 0 aliphatic rings. The van der Waals surface area contributed by atoms with Gasteiger partial charge in [0.2, 0.25) is 0 Å². The molecule has 0 atom stereocenters. The van der Waals surface area contributed by atoms with Crippen molar-refractivity contribution in [3.8, 4) is 11.1 Å². The van der Waals surface area contributed by atoms with Gasteiger partial charge in [-0.05, 0) is 41.9 Å². The zero-order valence-electron chi connectivity index (χ0n) is 14.8. The Hall–Kier alpha value is -2.69. The molecule has 0 N–H and O–H groups in total. The number of hydrogen-bond acceptors (Lipinski definition) is 0. The van der Waals surface area contributed by atoms with Gasteiger partial charge < -0.3 is 0 Å². The summed E-state index contributed by atoms with van der Waals surface area (Å²) >= 11 is 0. The van der Waals surface area contributed by atoms with Gasteiger partial charge in [0.05, 0.1) is 0 Å². The lowest BCUT2D eigenvalue weighted by Gasteiger charge is -2.19. The zero-order valence-corrected chi connectivity index (χ0v) is 15.7. The minimum Gasteiger partial charge on any atom is -0.0622 e. The Morgan fingerprint density at radius 2 is 0.808 bits per heavy atom. The Kier molecular flexibility index (Phi) is 4.95. The minimum atomic E-state index is -0.532. The Balaban J connectivity index is 1.73. The second-order valence-electron chi connectivity index (χ2n) is 6.42. The number of rotatable bonds is 4. The molecule has 0 nitrogen and oxygen atoms in total. The van der Waals surface area contributed by atoms with Crippen LogP contribution in [0.3, 0.4) is 0 Å². The van der Waals surface area contributed by atoms with Crippen molar-refractivity contribution in [3.63, 3.8) is 0 Å². The summed E-state index contributed by atoms with van der Waals surface area (Å²) in [5, 5.41) is 4.15. The molecule has 0 aliphatic heterocycles. The highest BCUT2D eigenvalue weighted by atomic mass is 31.1. The maximum Gasteiger partial charge on any atom is -0.0134 e. The molecule has 0 aromatic heterocycles. The average Bonchev–Trinajstić information content (AvgIpc) is 2.71. The maximum atomic E-state index is 2.29. The van der Waals surface area contributed by atoms with Crippen molar-refractivity contribution in [1.29, 1.82) is 0 Å². The first-order valence-electron chi connectivity index (χ1n) is 8.88. The molecule has 0 spiro atoms. The molecule has 0 saturated heterocycles. The molecule has 0 amide bonds. The van der Waals surface area contributed by atoms with Crippen LogP contribution in [0.15, 0.2) is 109 Å². The molecule has 0 aliphatic carbocycles. The van der Waals surface area contributed by atoms with Crippen molar-refractivity contribution in [3.05, 3.63) is 115 Å². The second-order valence-corrected chi connectivity index (χ2v) is 8.64. The predicted octanol–water partition coefficient (Wildman–Crippen LogP) is 5.42. The molecule has 0 bridgehead atoms. The van der Waals surface area contributed by atoms with E-state index in [2.05, 4.69) is 116 Å². The molecule has 4 aromatic rings. The molecule has 0 unspecified atom stereocenters. The predicted molar refractivity (Wildman–Crippen MR) is 115 cm³/mol. The van der Waals surface area contributed by atoms with Crippen LogP contribution in [0.5, 0.6) is 0 Å². The monoisotopic (exact) mass is 352 g/mol. The number of hydrogen-bond donors (Lipinski definition) is 0. The summed E-state index contributed by atoms with van der Waals surface area (Å²) in [4.78, 5) is 0. The third-order valence-corrected chi connectivity index (χ3v) is 6.98. The Bertz CT molecular complexity index is 917. The third kappa shape index (κ3) is 3.62. The summed E-state index contributed by atoms with van der Waals surface area (Å²) in [7, 11) is -0.532. The van der Waals surface area contributed by atoms with E-state index in [0.29, 0.717) is 0 Å². The van der Waals surface area contributed by atoms with E-state index >= 15 is 0 Å². The van der Waals surface area contributed by atoms with Crippen molar-refractivity contribution in [2.75, 3.05) is 0 Å². The molecule has 26 heavy (non-hydrogen) atoms. The number of benzene rings is 4. The molecule has 0 saturated carbocycles. The standard InChI is InChI=1S/C25H21P/c1-20-12-14-21(15-13-20)22-16-18-25(19-17-22)26(23-8-4-2-5-9-23)24-10-6-3-7-11-24/h2-19H,1H3. The largest absolute Gasteiger partial charge is 0.0622 e. The lowest BCUT2D eigenvalue weighted by atomic mass is 10.0. The van der Waals surface area contributed by atoms with Gasteiger partial charge in [0.15, 0.2) is 0 Å². The van der Waals surface area contributed by atoms with E-state index < -0.39 is 7.92 Å². The quantitative estimate of drug-likeness (QED) is 0.430. The first-order chi connectivity index (χ1) is 12.8. The fraction of sp³-hybridized carbons (Fsp3) is 0.0400. The first kappa shape index (κ1) is 16.8. The summed E-state index contributed by atoms with van der Waals surface area (Å²) in [6.07, 6.45) is 0. The zero-order chi connectivity index (χ0) is 17.8. The summed E-state index contributed by atoms with van der Waals surface area (Å²) in [6, 6.07) is 39.5. The van der Waals surface area contributed by atoms with E-state index in [0.717, 1.165) is 0 Å². The molecule has 4 rings (SSSR count). The van der Waals surface area contributed by atoms with Gasteiger partial charge in [-0.2, -0.15) is 0 Å². The third-order valence-electron chi connectivity index (χ3n) is 4.54. The smallest absolute Gasteiger partial charge is 0.0134 e. The maximum absolute atomic E-state index is 2.29. The Labute approximate surface area is 156 Å². The average molecular weight is 352 g/mol. The fourth-order valence-corrected chi connectivity index (χ4v) is 5.43. The SMILES string of the molecule is Cc1ccc(-c2ccc(P(c3ccccc3)c3ccccc3)cc2)cc1. The molecule has 1 heteroatoms. The van der Waals surface area contributed by atoms with E-state index in [-0.39, 0.29) is 0 Å². The van der Waals surface area contributed by atoms with E-state index in [4.69, 9.17) is 0 Å². The van der Waals surface area contributed by atoms with Gasteiger partial charge in [0, 0.05) is 0 Å². The highest BCUT2D eigenvalue weighted by molar-refractivity contribution is 7.79. The van der Waals surface area contributed by atoms with Crippen molar-refractivity contribution in [2.24, 2.45) is 0 Å². The van der Waals surface area contributed by atoms with E-state index in [1.54, 1.807) is 0 Å². The van der Waals surface area contributed by atoms with Gasteiger partial charge in [-0.3, -0.25) is 0 Å². The summed E-state index contributed by atoms with van der Waals surface area (Å²) in [6.45, 7) is 2.12. The van der Waals surface area contributed by atoms with E-state index in [1.165, 1.54) is 32.6 Å². The molecular weight excluding hydrogens is 331 g/mol. The van der Waals surface area contributed by atoms with Gasteiger partial charge in [-0.1, -0.05) is 115 Å². The highest BCUT2D eigenvalue weighted by Gasteiger charge is 2.15. The summed E-state index contributed by atoms with van der Waals surface area (Å²) in [5.41, 5.74) is 3.83. The molecule has 126 valence electrons. The van der Waals surface area contributed by atoms with Crippen molar-refractivity contribution in [2.45, 2.75) is 6.92 Å². The molecular formula is C25H21P. The molecule has 0 heterocycles. The minimum absolute atomic E-state index is 0.532.